The quantitative estimate of drug-likeness (QED) is 0.688. The van der Waals surface area contributed by atoms with Crippen molar-refractivity contribution in [2.75, 3.05) is 0 Å². The fourth-order valence-corrected chi connectivity index (χ4v) is 2.10. The Morgan fingerprint density at radius 1 is 1.12 bits per heavy atom. The van der Waals surface area contributed by atoms with Crippen LogP contribution in [0.3, 0.4) is 0 Å². The molecule has 1 aromatic carbocycles. The topological polar surface area (TPSA) is 41.6 Å². The van der Waals surface area contributed by atoms with Crippen LogP contribution < -0.4 is 0 Å². The molecule has 0 unspecified atom stereocenters. The van der Waals surface area contributed by atoms with Gasteiger partial charge in [0.25, 0.3) is 0 Å². The number of para-hydroxylation sites is 1. The lowest BCUT2D eigenvalue weighted by atomic mass is 10.1. The minimum absolute atomic E-state index is 0.979. The molecular formula is C14H13N3. The molecule has 0 fully saturated rings. The van der Waals surface area contributed by atoms with Gasteiger partial charge in [0.2, 0.25) is 0 Å². The third-order valence-electron chi connectivity index (χ3n) is 3.03. The van der Waals surface area contributed by atoms with Gasteiger partial charge in [0.1, 0.15) is 0 Å². The van der Waals surface area contributed by atoms with E-state index >= 15 is 0 Å². The number of hydrogen-bond acceptors (Lipinski definition) is 2. The van der Waals surface area contributed by atoms with Crippen molar-refractivity contribution in [2.24, 2.45) is 0 Å². The van der Waals surface area contributed by atoms with Gasteiger partial charge < -0.3 is 0 Å². The molecular weight excluding hydrogens is 210 g/mol. The number of H-pyrrole nitrogens is 1. The van der Waals surface area contributed by atoms with E-state index in [1.807, 2.05) is 31.3 Å². The zero-order chi connectivity index (χ0) is 11.8. The van der Waals surface area contributed by atoms with Gasteiger partial charge in [-0.3, -0.25) is 5.10 Å². The van der Waals surface area contributed by atoms with Gasteiger partial charge in [0.05, 0.1) is 17.4 Å². The number of benzene rings is 1. The van der Waals surface area contributed by atoms with E-state index < -0.39 is 0 Å². The monoisotopic (exact) mass is 223 g/mol. The second kappa shape index (κ2) is 3.70. The highest BCUT2D eigenvalue weighted by molar-refractivity contribution is 5.85. The summed E-state index contributed by atoms with van der Waals surface area (Å²) in [5.74, 6) is 0. The summed E-state index contributed by atoms with van der Waals surface area (Å²) in [6, 6.07) is 10.3. The minimum Gasteiger partial charge on any atom is -0.282 e. The van der Waals surface area contributed by atoms with Crippen LogP contribution in [0.4, 0.5) is 0 Å². The van der Waals surface area contributed by atoms with E-state index in [2.05, 4.69) is 34.2 Å². The Balaban J connectivity index is 2.29. The first-order valence-electron chi connectivity index (χ1n) is 5.62. The molecule has 0 atom stereocenters. The van der Waals surface area contributed by atoms with Crippen molar-refractivity contribution in [2.45, 2.75) is 13.8 Å². The van der Waals surface area contributed by atoms with E-state index in [4.69, 9.17) is 0 Å². The average Bonchev–Trinajstić information content (AvgIpc) is 2.75. The molecule has 2 aromatic heterocycles. The summed E-state index contributed by atoms with van der Waals surface area (Å²) in [5.41, 5.74) is 5.37. The van der Waals surface area contributed by atoms with Crippen LogP contribution in [0.5, 0.6) is 0 Å². The van der Waals surface area contributed by atoms with Gasteiger partial charge in [-0.25, -0.2) is 4.98 Å². The van der Waals surface area contributed by atoms with Crippen molar-refractivity contribution >= 4 is 10.9 Å². The van der Waals surface area contributed by atoms with Crippen LogP contribution in [0.25, 0.3) is 22.2 Å². The maximum atomic E-state index is 4.68. The zero-order valence-electron chi connectivity index (χ0n) is 9.86. The lowest BCUT2D eigenvalue weighted by Crippen LogP contribution is -1.89. The van der Waals surface area contributed by atoms with Gasteiger partial charge in [-0.15, -0.1) is 0 Å². The molecule has 0 aliphatic rings. The first-order chi connectivity index (χ1) is 8.25. The number of aromatic amines is 1. The van der Waals surface area contributed by atoms with Crippen LogP contribution in [0, 0.1) is 13.8 Å². The fourth-order valence-electron chi connectivity index (χ4n) is 2.10. The number of nitrogens with zero attached hydrogens (tertiary/aromatic N) is 2. The van der Waals surface area contributed by atoms with Crippen molar-refractivity contribution in [3.63, 3.8) is 0 Å². The number of fused-ring (bicyclic) bond motifs is 1. The molecule has 3 aromatic rings. The molecule has 0 aliphatic heterocycles. The van der Waals surface area contributed by atoms with E-state index in [0.29, 0.717) is 0 Å². The summed E-state index contributed by atoms with van der Waals surface area (Å²) >= 11 is 0. The van der Waals surface area contributed by atoms with Crippen molar-refractivity contribution in [3.8, 4) is 11.3 Å². The lowest BCUT2D eigenvalue weighted by Gasteiger charge is -2.05. The highest BCUT2D eigenvalue weighted by Crippen LogP contribution is 2.25. The second-order valence-corrected chi connectivity index (χ2v) is 4.25. The fraction of sp³-hybridized carbons (Fsp3) is 0.143. The Bertz CT molecular complexity index is 683. The molecule has 84 valence electrons. The molecule has 3 heteroatoms. The standard InChI is InChI=1S/C14H13N3/c1-9-7-14(12-8-15-17-10(12)2)16-13-6-4-3-5-11(9)13/h3-8H,1-2H3,(H,15,17). The highest BCUT2D eigenvalue weighted by Gasteiger charge is 2.08. The molecule has 3 rings (SSSR count). The Hall–Kier alpha value is -2.16. The van der Waals surface area contributed by atoms with E-state index in [0.717, 1.165) is 22.5 Å². The van der Waals surface area contributed by atoms with Gasteiger partial charge in [0, 0.05) is 16.6 Å². The summed E-state index contributed by atoms with van der Waals surface area (Å²) in [5, 5.41) is 8.19. The number of nitrogens with one attached hydrogen (secondary N) is 1. The van der Waals surface area contributed by atoms with E-state index in [-0.39, 0.29) is 0 Å². The predicted molar refractivity (Wildman–Crippen MR) is 68.8 cm³/mol. The summed E-state index contributed by atoms with van der Waals surface area (Å²) < 4.78 is 0. The first kappa shape index (κ1) is 10.0. The zero-order valence-corrected chi connectivity index (χ0v) is 9.86. The van der Waals surface area contributed by atoms with Crippen LogP contribution in [-0.4, -0.2) is 15.2 Å². The third kappa shape index (κ3) is 1.60. The van der Waals surface area contributed by atoms with E-state index in [1.165, 1.54) is 10.9 Å². The highest BCUT2D eigenvalue weighted by atomic mass is 15.1. The Morgan fingerprint density at radius 2 is 1.94 bits per heavy atom. The molecule has 1 N–H and O–H groups in total. The predicted octanol–water partition coefficient (Wildman–Crippen LogP) is 3.24. The van der Waals surface area contributed by atoms with Crippen molar-refractivity contribution < 1.29 is 0 Å². The minimum atomic E-state index is 0.979. The number of aromatic nitrogens is 3. The third-order valence-corrected chi connectivity index (χ3v) is 3.03. The van der Waals surface area contributed by atoms with Gasteiger partial charge in [-0.1, -0.05) is 18.2 Å². The average molecular weight is 223 g/mol. The summed E-state index contributed by atoms with van der Waals surface area (Å²) in [6.45, 7) is 4.12. The Labute approximate surface area is 99.5 Å². The van der Waals surface area contributed by atoms with E-state index in [9.17, 15) is 0 Å². The number of pyridine rings is 1. The Kier molecular flexibility index (Phi) is 2.18. The van der Waals surface area contributed by atoms with Gasteiger partial charge in [-0.05, 0) is 31.5 Å². The van der Waals surface area contributed by atoms with Gasteiger partial charge in [0.15, 0.2) is 0 Å². The summed E-state index contributed by atoms with van der Waals surface area (Å²) in [4.78, 5) is 4.68. The van der Waals surface area contributed by atoms with Crippen molar-refractivity contribution in [1.82, 2.24) is 15.2 Å². The van der Waals surface area contributed by atoms with Crippen LogP contribution in [0.2, 0.25) is 0 Å². The SMILES string of the molecule is Cc1[nH]ncc1-c1cc(C)c2ccccc2n1. The molecule has 17 heavy (non-hydrogen) atoms. The first-order valence-corrected chi connectivity index (χ1v) is 5.62. The second-order valence-electron chi connectivity index (χ2n) is 4.25. The number of hydrogen-bond donors (Lipinski definition) is 1. The van der Waals surface area contributed by atoms with Gasteiger partial charge in [-0.2, -0.15) is 5.10 Å². The molecule has 0 saturated carbocycles. The molecule has 2 heterocycles. The largest absolute Gasteiger partial charge is 0.282 e. The summed E-state index contributed by atoms with van der Waals surface area (Å²) in [6.07, 6.45) is 1.83. The van der Waals surface area contributed by atoms with Crippen molar-refractivity contribution in [3.05, 3.63) is 47.8 Å². The molecule has 0 radical (unpaired) electrons. The van der Waals surface area contributed by atoms with Crippen LogP contribution >= 0.6 is 0 Å². The van der Waals surface area contributed by atoms with Gasteiger partial charge >= 0.3 is 0 Å². The maximum Gasteiger partial charge on any atom is 0.0746 e. The lowest BCUT2D eigenvalue weighted by molar-refractivity contribution is 1.05. The molecule has 0 saturated heterocycles. The molecule has 0 aliphatic carbocycles. The van der Waals surface area contributed by atoms with E-state index in [1.54, 1.807) is 0 Å². The normalized spacial score (nSPS) is 10.9. The number of rotatable bonds is 1. The smallest absolute Gasteiger partial charge is 0.0746 e. The number of aryl methyl sites for hydroxylation is 2. The molecule has 0 bridgehead atoms. The Morgan fingerprint density at radius 3 is 2.71 bits per heavy atom. The van der Waals surface area contributed by atoms with Crippen LogP contribution in [0.1, 0.15) is 11.3 Å². The molecule has 0 amide bonds. The molecule has 0 spiro atoms. The van der Waals surface area contributed by atoms with Crippen LogP contribution in [0.15, 0.2) is 36.5 Å². The summed E-state index contributed by atoms with van der Waals surface area (Å²) in [7, 11) is 0. The van der Waals surface area contributed by atoms with Crippen LogP contribution in [-0.2, 0) is 0 Å². The molecule has 3 nitrogen and oxygen atoms in total. The van der Waals surface area contributed by atoms with Crippen molar-refractivity contribution in [1.29, 1.82) is 0 Å². The maximum absolute atomic E-state index is 4.68.